The maximum atomic E-state index is 5.36. The number of pyridine rings is 1. The van der Waals surface area contributed by atoms with Gasteiger partial charge in [0, 0.05) is 24.7 Å². The van der Waals surface area contributed by atoms with Gasteiger partial charge in [-0.25, -0.2) is 9.97 Å². The third-order valence-electron chi connectivity index (χ3n) is 2.81. The van der Waals surface area contributed by atoms with E-state index in [1.165, 1.54) is 0 Å². The third kappa shape index (κ3) is 2.40. The number of aromatic nitrogens is 3. The minimum absolute atomic E-state index is 0.587. The van der Waals surface area contributed by atoms with Crippen molar-refractivity contribution in [2.24, 2.45) is 0 Å². The molecule has 3 heterocycles. The molecule has 88 valence electrons. The lowest BCUT2D eigenvalue weighted by Gasteiger charge is -2.21. The van der Waals surface area contributed by atoms with Gasteiger partial charge in [0.25, 0.3) is 0 Å². The van der Waals surface area contributed by atoms with Crippen LogP contribution in [0, 0.1) is 0 Å². The smallest absolute Gasteiger partial charge is 0.126 e. The maximum Gasteiger partial charge on any atom is 0.126 e. The standard InChI is InChI=1S/C12H13N3OS/c1-2-10-11(13-5-1)12(15-8-14-10)17-9-3-6-16-7-4-9/h1-2,5,8-9H,3-4,6-7H2. The summed E-state index contributed by atoms with van der Waals surface area (Å²) in [7, 11) is 0. The molecule has 1 aliphatic rings. The summed E-state index contributed by atoms with van der Waals surface area (Å²) in [5.41, 5.74) is 1.82. The molecule has 0 bridgehead atoms. The molecule has 1 aliphatic heterocycles. The average Bonchev–Trinajstić information content (AvgIpc) is 2.40. The first-order chi connectivity index (χ1) is 8.43. The Morgan fingerprint density at radius 3 is 2.94 bits per heavy atom. The summed E-state index contributed by atoms with van der Waals surface area (Å²) in [5.74, 6) is 0. The van der Waals surface area contributed by atoms with Crippen LogP contribution in [0.5, 0.6) is 0 Å². The zero-order chi connectivity index (χ0) is 11.5. The second-order valence-electron chi connectivity index (χ2n) is 3.98. The highest BCUT2D eigenvalue weighted by Crippen LogP contribution is 2.31. The quantitative estimate of drug-likeness (QED) is 0.762. The lowest BCUT2D eigenvalue weighted by atomic mass is 10.2. The first-order valence-electron chi connectivity index (χ1n) is 5.73. The number of nitrogens with zero attached hydrogens (tertiary/aromatic N) is 3. The molecule has 0 unspecified atom stereocenters. The first kappa shape index (κ1) is 10.9. The fourth-order valence-electron chi connectivity index (χ4n) is 1.91. The van der Waals surface area contributed by atoms with Crippen molar-refractivity contribution in [3.63, 3.8) is 0 Å². The molecule has 1 fully saturated rings. The molecule has 1 saturated heterocycles. The van der Waals surface area contributed by atoms with Gasteiger partial charge in [-0.05, 0) is 25.0 Å². The predicted molar refractivity (Wildman–Crippen MR) is 67.0 cm³/mol. The fraction of sp³-hybridized carbons (Fsp3) is 0.417. The average molecular weight is 247 g/mol. The highest BCUT2D eigenvalue weighted by Gasteiger charge is 2.17. The van der Waals surface area contributed by atoms with Crippen LogP contribution in [0.15, 0.2) is 29.7 Å². The number of hydrogen-bond acceptors (Lipinski definition) is 5. The Labute approximate surface area is 104 Å². The Kier molecular flexibility index (Phi) is 3.20. The molecule has 5 heteroatoms. The molecule has 4 nitrogen and oxygen atoms in total. The lowest BCUT2D eigenvalue weighted by molar-refractivity contribution is 0.1000. The number of ether oxygens (including phenoxy) is 1. The van der Waals surface area contributed by atoms with Crippen molar-refractivity contribution in [3.05, 3.63) is 24.7 Å². The number of thioether (sulfide) groups is 1. The van der Waals surface area contributed by atoms with Crippen molar-refractivity contribution in [2.45, 2.75) is 23.1 Å². The van der Waals surface area contributed by atoms with E-state index in [2.05, 4.69) is 15.0 Å². The molecule has 0 radical (unpaired) electrons. The van der Waals surface area contributed by atoms with Crippen LogP contribution in [0.3, 0.4) is 0 Å². The topological polar surface area (TPSA) is 47.9 Å². The van der Waals surface area contributed by atoms with Crippen LogP contribution in [-0.2, 0) is 4.74 Å². The Balaban J connectivity index is 1.89. The predicted octanol–water partition coefficient (Wildman–Crippen LogP) is 2.30. The van der Waals surface area contributed by atoms with Gasteiger partial charge in [-0.15, -0.1) is 11.8 Å². The molecule has 2 aromatic heterocycles. The molecular weight excluding hydrogens is 234 g/mol. The molecule has 17 heavy (non-hydrogen) atoms. The Hall–Kier alpha value is -1.20. The summed E-state index contributed by atoms with van der Waals surface area (Å²) in [6.07, 6.45) is 5.58. The molecule has 0 spiro atoms. The van der Waals surface area contributed by atoms with Gasteiger partial charge in [0.15, 0.2) is 0 Å². The van der Waals surface area contributed by atoms with Gasteiger partial charge in [0.2, 0.25) is 0 Å². The second kappa shape index (κ2) is 4.98. The molecule has 0 atom stereocenters. The molecule has 0 amide bonds. The first-order valence-corrected chi connectivity index (χ1v) is 6.61. The van der Waals surface area contributed by atoms with Gasteiger partial charge >= 0.3 is 0 Å². The molecule has 0 aromatic carbocycles. The summed E-state index contributed by atoms with van der Waals surface area (Å²) in [5, 5.41) is 1.58. The Bertz CT molecular complexity index is 509. The van der Waals surface area contributed by atoms with E-state index in [1.54, 1.807) is 24.3 Å². The van der Waals surface area contributed by atoms with Crippen LogP contribution < -0.4 is 0 Å². The van der Waals surface area contributed by atoms with Gasteiger partial charge in [-0.2, -0.15) is 0 Å². The highest BCUT2D eigenvalue weighted by atomic mass is 32.2. The monoisotopic (exact) mass is 247 g/mol. The third-order valence-corrected chi connectivity index (χ3v) is 4.13. The van der Waals surface area contributed by atoms with Gasteiger partial charge in [-0.3, -0.25) is 4.98 Å². The minimum atomic E-state index is 0.587. The van der Waals surface area contributed by atoms with Crippen molar-refractivity contribution >= 4 is 22.8 Å². The Morgan fingerprint density at radius 1 is 1.18 bits per heavy atom. The van der Waals surface area contributed by atoms with E-state index in [0.29, 0.717) is 5.25 Å². The van der Waals surface area contributed by atoms with Gasteiger partial charge in [0.1, 0.15) is 16.9 Å². The SMILES string of the molecule is c1cnc2c(SC3CCOCC3)ncnc2c1. The van der Waals surface area contributed by atoms with Crippen molar-refractivity contribution in [2.75, 3.05) is 13.2 Å². The highest BCUT2D eigenvalue weighted by molar-refractivity contribution is 8.00. The van der Waals surface area contributed by atoms with Crippen LogP contribution >= 0.6 is 11.8 Å². The number of fused-ring (bicyclic) bond motifs is 1. The van der Waals surface area contributed by atoms with Crippen LogP contribution in [0.1, 0.15) is 12.8 Å². The molecule has 2 aromatic rings. The maximum absolute atomic E-state index is 5.36. The van der Waals surface area contributed by atoms with Crippen molar-refractivity contribution in [3.8, 4) is 0 Å². The molecule has 0 saturated carbocycles. The van der Waals surface area contributed by atoms with E-state index < -0.39 is 0 Å². The summed E-state index contributed by atoms with van der Waals surface area (Å²) in [6.45, 7) is 1.71. The molecule has 0 aliphatic carbocycles. The zero-order valence-corrected chi connectivity index (χ0v) is 10.2. The summed E-state index contributed by atoms with van der Waals surface area (Å²) in [4.78, 5) is 12.9. The number of rotatable bonds is 2. The lowest BCUT2D eigenvalue weighted by Crippen LogP contribution is -2.17. The second-order valence-corrected chi connectivity index (χ2v) is 5.27. The summed E-state index contributed by atoms with van der Waals surface area (Å²) < 4.78 is 5.36. The van der Waals surface area contributed by atoms with E-state index in [-0.39, 0.29) is 0 Å². The van der Waals surface area contributed by atoms with Crippen LogP contribution in [0.25, 0.3) is 11.0 Å². The minimum Gasteiger partial charge on any atom is -0.381 e. The van der Waals surface area contributed by atoms with E-state index in [4.69, 9.17) is 4.74 Å². The van der Waals surface area contributed by atoms with E-state index in [1.807, 2.05) is 12.1 Å². The van der Waals surface area contributed by atoms with Crippen LogP contribution in [-0.4, -0.2) is 33.4 Å². The van der Waals surface area contributed by atoms with Gasteiger partial charge in [-0.1, -0.05) is 0 Å². The van der Waals surface area contributed by atoms with Gasteiger partial charge in [0.05, 0.1) is 5.52 Å². The van der Waals surface area contributed by atoms with Crippen molar-refractivity contribution < 1.29 is 4.74 Å². The van der Waals surface area contributed by atoms with Crippen molar-refractivity contribution in [1.29, 1.82) is 0 Å². The number of hydrogen-bond donors (Lipinski definition) is 0. The normalized spacial score (nSPS) is 17.4. The van der Waals surface area contributed by atoms with E-state index in [0.717, 1.165) is 42.1 Å². The summed E-state index contributed by atoms with van der Waals surface area (Å²) >= 11 is 1.80. The Morgan fingerprint density at radius 2 is 2.06 bits per heavy atom. The largest absolute Gasteiger partial charge is 0.381 e. The van der Waals surface area contributed by atoms with Crippen molar-refractivity contribution in [1.82, 2.24) is 15.0 Å². The summed E-state index contributed by atoms with van der Waals surface area (Å²) in [6, 6.07) is 3.87. The molecule has 0 N–H and O–H groups in total. The van der Waals surface area contributed by atoms with Crippen LogP contribution in [0.4, 0.5) is 0 Å². The molecule has 3 rings (SSSR count). The molecular formula is C12H13N3OS. The van der Waals surface area contributed by atoms with E-state index in [9.17, 15) is 0 Å². The van der Waals surface area contributed by atoms with Gasteiger partial charge < -0.3 is 4.74 Å². The van der Waals surface area contributed by atoms with E-state index >= 15 is 0 Å². The fourth-order valence-corrected chi connectivity index (χ4v) is 3.03. The zero-order valence-electron chi connectivity index (χ0n) is 9.37. The van der Waals surface area contributed by atoms with Crippen LogP contribution in [0.2, 0.25) is 0 Å².